The van der Waals surface area contributed by atoms with Gasteiger partial charge in [0.15, 0.2) is 0 Å². The fraction of sp³-hybridized carbons (Fsp3) is 0.214. The molecule has 0 aliphatic heterocycles. The predicted molar refractivity (Wildman–Crippen MR) is 75.5 cm³/mol. The molecule has 2 aromatic rings. The largest absolute Gasteiger partial charge is 0.491 e. The Morgan fingerprint density at radius 3 is 2.84 bits per heavy atom. The van der Waals surface area contributed by atoms with Crippen LogP contribution in [-0.4, -0.2) is 11.2 Å². The van der Waals surface area contributed by atoms with E-state index in [0.717, 1.165) is 5.56 Å². The van der Waals surface area contributed by atoms with Gasteiger partial charge in [-0.2, -0.15) is 0 Å². The summed E-state index contributed by atoms with van der Waals surface area (Å²) in [5.74, 6) is 0.705. The van der Waals surface area contributed by atoms with E-state index in [2.05, 4.69) is 0 Å². The Bertz CT molecular complexity index is 610. The maximum atomic E-state index is 11.5. The van der Waals surface area contributed by atoms with Gasteiger partial charge >= 0.3 is 0 Å². The van der Waals surface area contributed by atoms with Crippen LogP contribution in [-0.2, 0) is 13.1 Å². The standard InChI is InChI=1S/C14H15ClN2O2/c15-12-4-5-13(11(9-12)10-16)19-8-7-17-6-2-1-3-14(17)18/h1-6,9H,7-8,10,16H2. The summed E-state index contributed by atoms with van der Waals surface area (Å²) in [5, 5.41) is 0.632. The van der Waals surface area contributed by atoms with Crippen LogP contribution in [0.4, 0.5) is 0 Å². The molecule has 0 saturated carbocycles. The Morgan fingerprint density at radius 2 is 2.11 bits per heavy atom. The molecule has 0 saturated heterocycles. The van der Waals surface area contributed by atoms with E-state index in [-0.39, 0.29) is 5.56 Å². The lowest BCUT2D eigenvalue weighted by Crippen LogP contribution is -2.21. The van der Waals surface area contributed by atoms with Crippen molar-refractivity contribution in [3.63, 3.8) is 0 Å². The summed E-state index contributed by atoms with van der Waals surface area (Å²) in [5.41, 5.74) is 6.45. The monoisotopic (exact) mass is 278 g/mol. The molecule has 19 heavy (non-hydrogen) atoms. The first kappa shape index (κ1) is 13.6. The highest BCUT2D eigenvalue weighted by Crippen LogP contribution is 2.22. The van der Waals surface area contributed by atoms with E-state index in [0.29, 0.717) is 30.5 Å². The van der Waals surface area contributed by atoms with Crippen LogP contribution in [0.2, 0.25) is 5.02 Å². The number of pyridine rings is 1. The van der Waals surface area contributed by atoms with Gasteiger partial charge in [0.05, 0.1) is 6.54 Å². The zero-order valence-electron chi connectivity index (χ0n) is 10.4. The third-order valence-electron chi connectivity index (χ3n) is 2.73. The van der Waals surface area contributed by atoms with E-state index >= 15 is 0 Å². The van der Waals surface area contributed by atoms with Crippen molar-refractivity contribution in [2.45, 2.75) is 13.1 Å². The normalized spacial score (nSPS) is 10.4. The lowest BCUT2D eigenvalue weighted by Gasteiger charge is -2.11. The summed E-state index contributed by atoms with van der Waals surface area (Å²) < 4.78 is 7.24. The van der Waals surface area contributed by atoms with Crippen LogP contribution < -0.4 is 16.0 Å². The van der Waals surface area contributed by atoms with E-state index in [1.54, 1.807) is 35.0 Å². The van der Waals surface area contributed by atoms with E-state index in [1.807, 2.05) is 6.07 Å². The summed E-state index contributed by atoms with van der Waals surface area (Å²) in [6.45, 7) is 1.26. The van der Waals surface area contributed by atoms with Crippen LogP contribution in [0.25, 0.3) is 0 Å². The highest BCUT2D eigenvalue weighted by molar-refractivity contribution is 6.30. The molecule has 2 N–H and O–H groups in total. The van der Waals surface area contributed by atoms with Gasteiger partial charge in [-0.3, -0.25) is 4.79 Å². The van der Waals surface area contributed by atoms with Crippen LogP contribution >= 0.6 is 11.6 Å². The molecule has 0 unspecified atom stereocenters. The molecule has 100 valence electrons. The van der Waals surface area contributed by atoms with E-state index < -0.39 is 0 Å². The van der Waals surface area contributed by atoms with Crippen molar-refractivity contribution in [1.82, 2.24) is 4.57 Å². The second kappa shape index (κ2) is 6.41. The SMILES string of the molecule is NCc1cc(Cl)ccc1OCCn1ccccc1=O. The molecule has 1 heterocycles. The average molecular weight is 279 g/mol. The van der Waals surface area contributed by atoms with Crippen LogP contribution in [0.1, 0.15) is 5.56 Å². The maximum absolute atomic E-state index is 11.5. The molecular weight excluding hydrogens is 264 g/mol. The van der Waals surface area contributed by atoms with Gasteiger partial charge in [-0.1, -0.05) is 17.7 Å². The van der Waals surface area contributed by atoms with Gasteiger partial charge in [0.1, 0.15) is 12.4 Å². The minimum Gasteiger partial charge on any atom is -0.491 e. The Kier molecular flexibility index (Phi) is 4.60. The van der Waals surface area contributed by atoms with Gasteiger partial charge in [0, 0.05) is 29.4 Å². The van der Waals surface area contributed by atoms with Crippen molar-refractivity contribution in [2.75, 3.05) is 6.61 Å². The summed E-state index contributed by atoms with van der Waals surface area (Å²) in [4.78, 5) is 11.5. The van der Waals surface area contributed by atoms with E-state index in [4.69, 9.17) is 22.1 Å². The third kappa shape index (κ3) is 3.59. The van der Waals surface area contributed by atoms with Gasteiger partial charge < -0.3 is 15.0 Å². The Balaban J connectivity index is 2.00. The lowest BCUT2D eigenvalue weighted by molar-refractivity contribution is 0.293. The van der Waals surface area contributed by atoms with E-state index in [1.165, 1.54) is 6.07 Å². The Labute approximate surface area is 116 Å². The molecule has 0 bridgehead atoms. The molecule has 0 aliphatic carbocycles. The van der Waals surface area contributed by atoms with Crippen molar-refractivity contribution in [1.29, 1.82) is 0 Å². The number of rotatable bonds is 5. The molecule has 0 fully saturated rings. The van der Waals surface area contributed by atoms with Gasteiger partial charge in [0.25, 0.3) is 5.56 Å². The van der Waals surface area contributed by atoms with Crippen LogP contribution in [0.3, 0.4) is 0 Å². The van der Waals surface area contributed by atoms with Gasteiger partial charge in [-0.25, -0.2) is 0 Å². The molecule has 0 aliphatic rings. The number of aromatic nitrogens is 1. The molecule has 5 heteroatoms. The zero-order valence-corrected chi connectivity index (χ0v) is 11.1. The maximum Gasteiger partial charge on any atom is 0.250 e. The number of hydrogen-bond donors (Lipinski definition) is 1. The fourth-order valence-corrected chi connectivity index (χ4v) is 1.94. The fourth-order valence-electron chi connectivity index (χ4n) is 1.75. The smallest absolute Gasteiger partial charge is 0.250 e. The second-order valence-electron chi connectivity index (χ2n) is 4.04. The van der Waals surface area contributed by atoms with Crippen LogP contribution in [0.5, 0.6) is 5.75 Å². The number of nitrogens with zero attached hydrogens (tertiary/aromatic N) is 1. The summed E-state index contributed by atoms with van der Waals surface area (Å²) >= 11 is 5.89. The number of benzene rings is 1. The van der Waals surface area contributed by atoms with Crippen molar-refractivity contribution in [3.05, 3.63) is 63.5 Å². The number of halogens is 1. The molecule has 0 spiro atoms. The quantitative estimate of drug-likeness (QED) is 0.910. The molecule has 0 amide bonds. The number of ether oxygens (including phenoxy) is 1. The molecule has 4 nitrogen and oxygen atoms in total. The Morgan fingerprint density at radius 1 is 1.26 bits per heavy atom. The number of nitrogens with two attached hydrogens (primary N) is 1. The van der Waals surface area contributed by atoms with Crippen LogP contribution in [0, 0.1) is 0 Å². The highest BCUT2D eigenvalue weighted by Gasteiger charge is 2.03. The first-order chi connectivity index (χ1) is 9.20. The number of hydrogen-bond acceptors (Lipinski definition) is 3. The third-order valence-corrected chi connectivity index (χ3v) is 2.97. The van der Waals surface area contributed by atoms with Crippen molar-refractivity contribution in [3.8, 4) is 5.75 Å². The van der Waals surface area contributed by atoms with Crippen molar-refractivity contribution >= 4 is 11.6 Å². The minimum atomic E-state index is -0.0405. The molecule has 0 radical (unpaired) electrons. The van der Waals surface area contributed by atoms with Crippen molar-refractivity contribution in [2.24, 2.45) is 5.73 Å². The predicted octanol–water partition coefficient (Wildman–Crippen LogP) is 2.04. The molecule has 0 atom stereocenters. The minimum absolute atomic E-state index is 0.0405. The van der Waals surface area contributed by atoms with Gasteiger partial charge in [-0.15, -0.1) is 0 Å². The second-order valence-corrected chi connectivity index (χ2v) is 4.47. The van der Waals surface area contributed by atoms with Crippen LogP contribution in [0.15, 0.2) is 47.4 Å². The summed E-state index contributed by atoms with van der Waals surface area (Å²) in [7, 11) is 0. The highest BCUT2D eigenvalue weighted by atomic mass is 35.5. The van der Waals surface area contributed by atoms with Gasteiger partial charge in [-0.05, 0) is 24.3 Å². The van der Waals surface area contributed by atoms with E-state index in [9.17, 15) is 4.79 Å². The first-order valence-corrected chi connectivity index (χ1v) is 6.35. The molecule has 1 aromatic carbocycles. The zero-order chi connectivity index (χ0) is 13.7. The molecular formula is C14H15ClN2O2. The average Bonchev–Trinajstić information content (AvgIpc) is 2.42. The lowest BCUT2D eigenvalue weighted by atomic mass is 10.2. The first-order valence-electron chi connectivity index (χ1n) is 5.97. The Hall–Kier alpha value is -1.78. The summed E-state index contributed by atoms with van der Waals surface area (Å²) in [6.07, 6.45) is 1.73. The molecule has 1 aromatic heterocycles. The summed E-state index contributed by atoms with van der Waals surface area (Å²) in [6, 6.07) is 10.4. The topological polar surface area (TPSA) is 57.2 Å². The van der Waals surface area contributed by atoms with Crippen molar-refractivity contribution < 1.29 is 4.74 Å². The van der Waals surface area contributed by atoms with Gasteiger partial charge in [0.2, 0.25) is 0 Å². The molecule has 2 rings (SSSR count).